The van der Waals surface area contributed by atoms with E-state index in [1.807, 2.05) is 60.7 Å². The first-order chi connectivity index (χ1) is 15.1. The Morgan fingerprint density at radius 3 is 1.87 bits per heavy atom. The Bertz CT molecular complexity index is 908. The molecule has 162 valence electrons. The van der Waals surface area contributed by atoms with E-state index in [-0.39, 0.29) is 11.8 Å². The van der Waals surface area contributed by atoms with Crippen molar-refractivity contribution in [1.82, 2.24) is 0 Å². The molecule has 0 amide bonds. The molecule has 0 N–H and O–H groups in total. The van der Waals surface area contributed by atoms with Crippen molar-refractivity contribution in [3.8, 4) is 0 Å². The summed E-state index contributed by atoms with van der Waals surface area (Å²) < 4.78 is 24.2. The Kier molecular flexibility index (Phi) is 7.79. The van der Waals surface area contributed by atoms with Gasteiger partial charge >= 0.3 is 5.97 Å². The van der Waals surface area contributed by atoms with Crippen LogP contribution in [0, 0.1) is 5.82 Å². The number of carbonyl (C=O) groups excluding carboxylic acids is 1. The molecule has 1 atom stereocenters. The van der Waals surface area contributed by atoms with E-state index in [0.29, 0.717) is 26.0 Å². The Labute approximate surface area is 183 Å². The molecule has 0 radical (unpaired) electrons. The third kappa shape index (κ3) is 5.30. The second kappa shape index (κ2) is 10.7. The smallest absolute Gasteiger partial charge is 0.316 e. The summed E-state index contributed by atoms with van der Waals surface area (Å²) >= 11 is 0. The van der Waals surface area contributed by atoms with Crippen LogP contribution in [-0.4, -0.2) is 33.3 Å². The van der Waals surface area contributed by atoms with Crippen molar-refractivity contribution in [2.75, 3.05) is 32.3 Å². The number of hydrogen-bond donors (Lipinski definition) is 0. The van der Waals surface area contributed by atoms with Gasteiger partial charge in [-0.3, -0.25) is 4.79 Å². The van der Waals surface area contributed by atoms with Crippen molar-refractivity contribution in [2.24, 2.45) is 0 Å². The van der Waals surface area contributed by atoms with E-state index >= 15 is 0 Å². The van der Waals surface area contributed by atoms with Crippen LogP contribution in [0.25, 0.3) is 0 Å². The second-order valence-electron chi connectivity index (χ2n) is 7.40. The SMILES string of the molecule is COCC[C@](CCN(c1ccccc1)c1ccccc1)(C(=O)OC)c1ccc(F)cc1. The fourth-order valence-electron chi connectivity index (χ4n) is 3.90. The van der Waals surface area contributed by atoms with Gasteiger partial charge in [0.15, 0.2) is 0 Å². The average molecular weight is 422 g/mol. The maximum atomic E-state index is 13.6. The maximum absolute atomic E-state index is 13.6. The number of halogens is 1. The Morgan fingerprint density at radius 1 is 0.839 bits per heavy atom. The minimum atomic E-state index is -0.958. The minimum absolute atomic E-state index is 0.343. The molecule has 3 aromatic carbocycles. The zero-order chi connectivity index (χ0) is 22.1. The molecule has 0 aliphatic carbocycles. The lowest BCUT2D eigenvalue weighted by Gasteiger charge is -2.35. The Hall–Kier alpha value is -3.18. The van der Waals surface area contributed by atoms with Crippen LogP contribution in [0.5, 0.6) is 0 Å². The van der Waals surface area contributed by atoms with Crippen molar-refractivity contribution < 1.29 is 18.7 Å². The van der Waals surface area contributed by atoms with E-state index in [9.17, 15) is 9.18 Å². The van der Waals surface area contributed by atoms with Gasteiger partial charge in [-0.2, -0.15) is 0 Å². The molecule has 0 aromatic heterocycles. The summed E-state index contributed by atoms with van der Waals surface area (Å²) in [6, 6.07) is 26.2. The van der Waals surface area contributed by atoms with Crippen LogP contribution in [0.15, 0.2) is 84.9 Å². The quantitative estimate of drug-likeness (QED) is 0.405. The van der Waals surface area contributed by atoms with Crippen LogP contribution >= 0.6 is 0 Å². The van der Waals surface area contributed by atoms with E-state index in [4.69, 9.17) is 9.47 Å². The molecule has 3 rings (SSSR count). The highest BCUT2D eigenvalue weighted by atomic mass is 19.1. The third-order valence-electron chi connectivity index (χ3n) is 5.60. The largest absolute Gasteiger partial charge is 0.468 e. The van der Waals surface area contributed by atoms with Crippen LogP contribution < -0.4 is 4.90 Å². The highest BCUT2D eigenvalue weighted by molar-refractivity contribution is 5.83. The molecule has 0 heterocycles. The summed E-state index contributed by atoms with van der Waals surface area (Å²) in [6.07, 6.45) is 0.900. The summed E-state index contributed by atoms with van der Waals surface area (Å²) in [5.41, 5.74) is 1.82. The van der Waals surface area contributed by atoms with Crippen molar-refractivity contribution in [3.63, 3.8) is 0 Å². The zero-order valence-electron chi connectivity index (χ0n) is 18.0. The number of nitrogens with zero attached hydrogens (tertiary/aromatic N) is 1. The van der Waals surface area contributed by atoms with E-state index in [1.165, 1.54) is 19.2 Å². The molecule has 0 spiro atoms. The number of esters is 1. The summed E-state index contributed by atoms with van der Waals surface area (Å²) in [5.74, 6) is -0.693. The van der Waals surface area contributed by atoms with Crippen LogP contribution in [0.4, 0.5) is 15.8 Å². The normalized spacial score (nSPS) is 12.7. The fraction of sp³-hybridized carbons (Fsp3) is 0.269. The number of ether oxygens (including phenoxy) is 2. The minimum Gasteiger partial charge on any atom is -0.468 e. The lowest BCUT2D eigenvalue weighted by molar-refractivity contribution is -0.148. The molecule has 31 heavy (non-hydrogen) atoms. The predicted molar refractivity (Wildman–Crippen MR) is 121 cm³/mol. The zero-order valence-corrected chi connectivity index (χ0v) is 18.0. The first-order valence-electron chi connectivity index (χ1n) is 10.3. The topological polar surface area (TPSA) is 38.8 Å². The number of hydrogen-bond acceptors (Lipinski definition) is 4. The first-order valence-corrected chi connectivity index (χ1v) is 10.3. The number of benzene rings is 3. The standard InChI is InChI=1S/C26H28FNO3/c1-30-20-18-26(25(29)31-2,21-13-15-22(27)16-14-21)17-19-28(23-9-5-3-6-10-23)24-11-7-4-8-12-24/h3-16H,17-20H2,1-2H3/t26-/m0/s1. The molecule has 5 heteroatoms. The highest BCUT2D eigenvalue weighted by Crippen LogP contribution is 2.36. The van der Waals surface area contributed by atoms with Crippen LogP contribution in [-0.2, 0) is 19.7 Å². The number of methoxy groups -OCH3 is 2. The van der Waals surface area contributed by atoms with Crippen molar-refractivity contribution >= 4 is 17.3 Å². The number of carbonyl (C=O) groups is 1. The summed E-state index contributed by atoms with van der Waals surface area (Å²) in [4.78, 5) is 15.3. The van der Waals surface area contributed by atoms with Gasteiger partial charge in [-0.1, -0.05) is 48.5 Å². The van der Waals surface area contributed by atoms with Gasteiger partial charge in [0, 0.05) is 31.6 Å². The second-order valence-corrected chi connectivity index (χ2v) is 7.40. The predicted octanol–water partition coefficient (Wildman–Crippen LogP) is 5.50. The summed E-state index contributed by atoms with van der Waals surface area (Å²) in [6.45, 7) is 0.938. The van der Waals surface area contributed by atoms with Crippen molar-refractivity contribution in [1.29, 1.82) is 0 Å². The molecule has 0 bridgehead atoms. The fourth-order valence-corrected chi connectivity index (χ4v) is 3.90. The Balaban J connectivity index is 2.00. The van der Waals surface area contributed by atoms with Crippen LogP contribution in [0.1, 0.15) is 18.4 Å². The summed E-state index contributed by atoms with van der Waals surface area (Å²) in [7, 11) is 2.99. The van der Waals surface area contributed by atoms with Crippen LogP contribution in [0.2, 0.25) is 0 Å². The lowest BCUT2D eigenvalue weighted by Crippen LogP contribution is -2.41. The average Bonchev–Trinajstić information content (AvgIpc) is 2.83. The van der Waals surface area contributed by atoms with Gasteiger partial charge in [0.2, 0.25) is 0 Å². The van der Waals surface area contributed by atoms with E-state index < -0.39 is 5.41 Å². The molecule has 3 aromatic rings. The Morgan fingerprint density at radius 2 is 1.39 bits per heavy atom. The van der Waals surface area contributed by atoms with E-state index in [0.717, 1.165) is 16.9 Å². The molecule has 0 fully saturated rings. The van der Waals surface area contributed by atoms with Gasteiger partial charge in [0.25, 0.3) is 0 Å². The van der Waals surface area contributed by atoms with Crippen molar-refractivity contribution in [2.45, 2.75) is 18.3 Å². The number of anilines is 2. The molecular weight excluding hydrogens is 393 g/mol. The van der Waals surface area contributed by atoms with Gasteiger partial charge in [0.05, 0.1) is 12.5 Å². The number of rotatable bonds is 10. The van der Waals surface area contributed by atoms with Crippen molar-refractivity contribution in [3.05, 3.63) is 96.3 Å². The van der Waals surface area contributed by atoms with Gasteiger partial charge < -0.3 is 14.4 Å². The molecule has 0 saturated carbocycles. The molecule has 0 aliphatic heterocycles. The third-order valence-corrected chi connectivity index (χ3v) is 5.60. The summed E-state index contributed by atoms with van der Waals surface area (Å²) in [5, 5.41) is 0. The molecule has 0 saturated heterocycles. The molecule has 4 nitrogen and oxygen atoms in total. The first kappa shape index (κ1) is 22.5. The number of para-hydroxylation sites is 2. The molecule has 0 unspecified atom stereocenters. The van der Waals surface area contributed by atoms with Gasteiger partial charge in [0.1, 0.15) is 5.82 Å². The van der Waals surface area contributed by atoms with Gasteiger partial charge in [-0.25, -0.2) is 4.39 Å². The van der Waals surface area contributed by atoms with E-state index in [1.54, 1.807) is 19.2 Å². The van der Waals surface area contributed by atoms with Gasteiger partial charge in [-0.15, -0.1) is 0 Å². The lowest BCUT2D eigenvalue weighted by atomic mass is 9.74. The maximum Gasteiger partial charge on any atom is 0.316 e. The van der Waals surface area contributed by atoms with Gasteiger partial charge in [-0.05, 0) is 54.8 Å². The molecular formula is C26H28FNO3. The van der Waals surface area contributed by atoms with Crippen LogP contribution in [0.3, 0.4) is 0 Å². The molecule has 0 aliphatic rings. The van der Waals surface area contributed by atoms with E-state index in [2.05, 4.69) is 4.90 Å². The highest BCUT2D eigenvalue weighted by Gasteiger charge is 2.41. The monoisotopic (exact) mass is 421 g/mol.